The minimum atomic E-state index is -4.10. The van der Waals surface area contributed by atoms with E-state index in [-0.39, 0.29) is 5.56 Å². The summed E-state index contributed by atoms with van der Waals surface area (Å²) in [6, 6.07) is 10.9. The Morgan fingerprint density at radius 3 is 2.29 bits per heavy atom. The van der Waals surface area contributed by atoms with Crippen molar-refractivity contribution >= 4 is 21.7 Å². The first-order chi connectivity index (χ1) is 9.84. The van der Waals surface area contributed by atoms with Crippen LogP contribution < -0.4 is 4.31 Å². The van der Waals surface area contributed by atoms with E-state index in [1.807, 2.05) is 0 Å². The molecule has 2 aromatic carbocycles. The van der Waals surface area contributed by atoms with Gasteiger partial charge >= 0.3 is 5.97 Å². The van der Waals surface area contributed by atoms with Gasteiger partial charge < -0.3 is 5.11 Å². The molecule has 0 aliphatic rings. The first kappa shape index (κ1) is 15.0. The van der Waals surface area contributed by atoms with Crippen molar-refractivity contribution in [3.63, 3.8) is 0 Å². The van der Waals surface area contributed by atoms with Crippen LogP contribution in [0.3, 0.4) is 0 Å². The molecule has 1 N–H and O–H groups in total. The fourth-order valence-corrected chi connectivity index (χ4v) is 3.01. The number of carbonyl (C=O) groups is 1. The van der Waals surface area contributed by atoms with E-state index in [1.165, 1.54) is 7.05 Å². The van der Waals surface area contributed by atoms with Crippen molar-refractivity contribution < 1.29 is 22.7 Å². The van der Waals surface area contributed by atoms with E-state index in [0.717, 1.165) is 16.4 Å². The van der Waals surface area contributed by atoms with Gasteiger partial charge in [0.1, 0.15) is 10.7 Å². The number of hydrogen-bond acceptors (Lipinski definition) is 3. The van der Waals surface area contributed by atoms with Gasteiger partial charge in [0, 0.05) is 7.05 Å². The Morgan fingerprint density at radius 2 is 1.76 bits per heavy atom. The van der Waals surface area contributed by atoms with E-state index in [1.54, 1.807) is 30.3 Å². The highest BCUT2D eigenvalue weighted by Gasteiger charge is 2.25. The Bertz CT molecular complexity index is 775. The predicted molar refractivity (Wildman–Crippen MR) is 75.4 cm³/mol. The highest BCUT2D eigenvalue weighted by atomic mass is 32.2. The molecule has 0 bridgehead atoms. The molecule has 0 aromatic heterocycles. The summed E-state index contributed by atoms with van der Waals surface area (Å²) in [5.41, 5.74) is 0.0630. The lowest BCUT2D eigenvalue weighted by Gasteiger charge is -2.19. The molecule has 0 saturated carbocycles. The van der Waals surface area contributed by atoms with Crippen LogP contribution in [0.25, 0.3) is 0 Å². The topological polar surface area (TPSA) is 74.7 Å². The molecule has 0 amide bonds. The fraction of sp³-hybridized carbons (Fsp3) is 0.0714. The van der Waals surface area contributed by atoms with Gasteiger partial charge in [-0.25, -0.2) is 17.6 Å². The Morgan fingerprint density at radius 1 is 1.14 bits per heavy atom. The van der Waals surface area contributed by atoms with Crippen molar-refractivity contribution in [2.24, 2.45) is 0 Å². The molecule has 110 valence electrons. The van der Waals surface area contributed by atoms with Gasteiger partial charge in [-0.1, -0.05) is 18.2 Å². The minimum Gasteiger partial charge on any atom is -0.478 e. The number of carboxylic acids is 1. The molecule has 0 saturated heterocycles. The molecule has 5 nitrogen and oxygen atoms in total. The van der Waals surface area contributed by atoms with E-state index in [2.05, 4.69) is 0 Å². The molecule has 2 rings (SSSR count). The van der Waals surface area contributed by atoms with Crippen LogP contribution in [-0.4, -0.2) is 26.5 Å². The van der Waals surface area contributed by atoms with Gasteiger partial charge in [-0.05, 0) is 30.3 Å². The maximum absolute atomic E-state index is 13.9. The Hall–Kier alpha value is -2.41. The second-order valence-corrected chi connectivity index (χ2v) is 6.20. The smallest absolute Gasteiger partial charge is 0.335 e. The largest absolute Gasteiger partial charge is 0.478 e. The highest BCUT2D eigenvalue weighted by molar-refractivity contribution is 7.92. The van der Waals surface area contributed by atoms with Crippen molar-refractivity contribution in [1.82, 2.24) is 0 Å². The number of aromatic carboxylic acids is 1. The summed E-state index contributed by atoms with van der Waals surface area (Å²) in [4.78, 5) is 10.2. The molecule has 0 heterocycles. The molecule has 0 spiro atoms. The SMILES string of the molecule is CN(c1ccccc1)S(=O)(=O)c1ccc(C(=O)O)cc1F. The molecule has 0 aliphatic heterocycles. The number of halogens is 1. The molecule has 7 heteroatoms. The molecule has 0 aliphatic carbocycles. The number of rotatable bonds is 4. The summed E-state index contributed by atoms with van der Waals surface area (Å²) in [7, 11) is -2.80. The Balaban J connectivity index is 2.47. The second-order valence-electron chi connectivity index (χ2n) is 4.26. The first-order valence-corrected chi connectivity index (χ1v) is 7.35. The molecule has 0 atom stereocenters. The lowest BCUT2D eigenvalue weighted by Crippen LogP contribution is -2.27. The standard InChI is InChI=1S/C14H12FNO4S/c1-16(11-5-3-2-4-6-11)21(19,20)13-8-7-10(14(17)18)9-12(13)15/h2-9H,1H3,(H,17,18). The van der Waals surface area contributed by atoms with Gasteiger partial charge in [-0.3, -0.25) is 4.31 Å². The molecule has 0 fully saturated rings. The van der Waals surface area contributed by atoms with E-state index in [9.17, 15) is 17.6 Å². The minimum absolute atomic E-state index is 0.311. The third kappa shape index (κ3) is 2.87. The summed E-state index contributed by atoms with van der Waals surface area (Å²) in [5.74, 6) is -2.42. The summed E-state index contributed by atoms with van der Waals surface area (Å²) in [6.07, 6.45) is 0. The van der Waals surface area contributed by atoms with Crippen molar-refractivity contribution in [2.75, 3.05) is 11.4 Å². The third-order valence-electron chi connectivity index (χ3n) is 2.94. The van der Waals surface area contributed by atoms with Gasteiger partial charge in [-0.2, -0.15) is 0 Å². The Labute approximate surface area is 121 Å². The van der Waals surface area contributed by atoms with Gasteiger partial charge in [0.2, 0.25) is 0 Å². The summed E-state index contributed by atoms with van der Waals surface area (Å²) in [5, 5.41) is 8.76. The number of carboxylic acid groups (broad SMARTS) is 1. The number of nitrogens with zero attached hydrogens (tertiary/aromatic N) is 1. The number of anilines is 1. The average Bonchev–Trinajstić information content (AvgIpc) is 2.46. The predicted octanol–water partition coefficient (Wildman–Crippen LogP) is 2.35. The van der Waals surface area contributed by atoms with Gasteiger partial charge in [-0.15, -0.1) is 0 Å². The van der Waals surface area contributed by atoms with Crippen LogP contribution in [0.15, 0.2) is 53.4 Å². The van der Waals surface area contributed by atoms with Crippen molar-refractivity contribution in [3.8, 4) is 0 Å². The number of hydrogen-bond donors (Lipinski definition) is 1. The molecule has 0 unspecified atom stereocenters. The van der Waals surface area contributed by atoms with Crippen LogP contribution in [0.5, 0.6) is 0 Å². The zero-order chi connectivity index (χ0) is 15.6. The molecular weight excluding hydrogens is 297 g/mol. The fourth-order valence-electron chi connectivity index (χ4n) is 1.77. The van der Waals surface area contributed by atoms with E-state index in [4.69, 9.17) is 5.11 Å². The van der Waals surface area contributed by atoms with Gasteiger partial charge in [0.15, 0.2) is 0 Å². The summed E-state index contributed by atoms with van der Waals surface area (Å²) >= 11 is 0. The Kier molecular flexibility index (Phi) is 3.95. The van der Waals surface area contributed by atoms with Gasteiger partial charge in [0.25, 0.3) is 10.0 Å². The first-order valence-electron chi connectivity index (χ1n) is 5.91. The van der Waals surface area contributed by atoms with Crippen molar-refractivity contribution in [2.45, 2.75) is 4.90 Å². The van der Waals surface area contributed by atoms with E-state index < -0.39 is 26.7 Å². The second kappa shape index (κ2) is 5.53. The maximum atomic E-state index is 13.9. The zero-order valence-corrected chi connectivity index (χ0v) is 11.8. The molecule has 2 aromatic rings. The van der Waals surface area contributed by atoms with Crippen molar-refractivity contribution in [1.29, 1.82) is 0 Å². The highest BCUT2D eigenvalue weighted by Crippen LogP contribution is 2.24. The van der Waals surface area contributed by atoms with Gasteiger partial charge in [0.05, 0.1) is 11.3 Å². The third-order valence-corrected chi connectivity index (χ3v) is 4.76. The van der Waals surface area contributed by atoms with Crippen LogP contribution >= 0.6 is 0 Å². The van der Waals surface area contributed by atoms with Crippen LogP contribution in [0.2, 0.25) is 0 Å². The van der Waals surface area contributed by atoms with E-state index in [0.29, 0.717) is 11.8 Å². The molecular formula is C14H12FNO4S. The normalized spacial score (nSPS) is 11.1. The lowest BCUT2D eigenvalue weighted by molar-refractivity contribution is 0.0696. The quantitative estimate of drug-likeness (QED) is 0.940. The van der Waals surface area contributed by atoms with Crippen LogP contribution in [0.1, 0.15) is 10.4 Å². The van der Waals surface area contributed by atoms with Crippen molar-refractivity contribution in [3.05, 3.63) is 59.9 Å². The monoisotopic (exact) mass is 309 g/mol. The number of benzene rings is 2. The van der Waals surface area contributed by atoms with Crippen LogP contribution in [-0.2, 0) is 10.0 Å². The number of sulfonamides is 1. The molecule has 0 radical (unpaired) electrons. The lowest BCUT2D eigenvalue weighted by atomic mass is 10.2. The summed E-state index contributed by atoms with van der Waals surface area (Å²) < 4.78 is 39.6. The zero-order valence-electron chi connectivity index (χ0n) is 11.0. The average molecular weight is 309 g/mol. The van der Waals surface area contributed by atoms with Crippen LogP contribution in [0.4, 0.5) is 10.1 Å². The van der Waals surface area contributed by atoms with Crippen LogP contribution in [0, 0.1) is 5.82 Å². The number of para-hydroxylation sites is 1. The molecule has 21 heavy (non-hydrogen) atoms. The van der Waals surface area contributed by atoms with E-state index >= 15 is 0 Å². The maximum Gasteiger partial charge on any atom is 0.335 e. The summed E-state index contributed by atoms with van der Waals surface area (Å²) in [6.45, 7) is 0.